The fraction of sp³-hybridized carbons (Fsp3) is 0.109. The maximum Gasteiger partial charge on any atom is 0.0346 e. The first-order valence-corrected chi connectivity index (χ1v) is 19.8. The fourth-order valence-corrected chi connectivity index (χ4v) is 10.1. The van der Waals surface area contributed by atoms with Gasteiger partial charge in [-0.25, -0.2) is 0 Å². The summed E-state index contributed by atoms with van der Waals surface area (Å²) in [5.74, 6) is 0. The minimum absolute atomic E-state index is 0.0859. The summed E-state index contributed by atoms with van der Waals surface area (Å²) in [6.07, 6.45) is 3.76. The lowest BCUT2D eigenvalue weighted by Gasteiger charge is -2.24. The maximum atomic E-state index is 4.35. The predicted octanol–water partition coefficient (Wildman–Crippen LogP) is 14.7. The molecule has 2 aliphatic rings. The summed E-state index contributed by atoms with van der Waals surface area (Å²) in [6, 6.07) is 61.6. The van der Waals surface area contributed by atoms with Crippen molar-refractivity contribution in [2.45, 2.75) is 38.5 Å². The van der Waals surface area contributed by atoms with E-state index in [1.165, 1.54) is 105 Å². The minimum atomic E-state index is -0.0938. The maximum absolute atomic E-state index is 4.35. The van der Waals surface area contributed by atoms with Crippen LogP contribution in [0.15, 0.2) is 176 Å². The van der Waals surface area contributed by atoms with Gasteiger partial charge in [-0.15, -0.1) is 0 Å². The van der Waals surface area contributed by atoms with E-state index in [0.29, 0.717) is 0 Å². The lowest BCUT2D eigenvalue weighted by atomic mass is 9.79. The molecule has 0 saturated heterocycles. The van der Waals surface area contributed by atoms with Crippen molar-refractivity contribution in [2.24, 2.45) is 0 Å². The highest BCUT2D eigenvalue weighted by molar-refractivity contribution is 6.22. The van der Waals surface area contributed by atoms with E-state index in [9.17, 15) is 0 Å². The van der Waals surface area contributed by atoms with Crippen LogP contribution in [0.4, 0.5) is 0 Å². The molecule has 1 aromatic heterocycles. The van der Waals surface area contributed by atoms with Gasteiger partial charge in [0.2, 0.25) is 0 Å². The van der Waals surface area contributed by atoms with Crippen molar-refractivity contribution in [1.82, 2.24) is 4.98 Å². The molecule has 0 spiro atoms. The molecule has 1 heterocycles. The van der Waals surface area contributed by atoms with Crippen molar-refractivity contribution in [3.8, 4) is 66.8 Å². The van der Waals surface area contributed by atoms with E-state index in [2.05, 4.69) is 190 Å². The molecule has 0 unspecified atom stereocenters. The number of pyridine rings is 1. The molecule has 0 fully saturated rings. The number of fused-ring (bicyclic) bond motifs is 8. The number of hydrogen-bond donors (Lipinski definition) is 0. The molecule has 0 bridgehead atoms. The van der Waals surface area contributed by atoms with Gasteiger partial charge in [-0.2, -0.15) is 0 Å². The third-order valence-electron chi connectivity index (χ3n) is 13.0. The van der Waals surface area contributed by atoms with Crippen molar-refractivity contribution in [2.75, 3.05) is 0 Å². The van der Waals surface area contributed by atoms with Gasteiger partial charge in [-0.3, -0.25) is 4.98 Å². The standard InChI is InChI=1S/C55H41N/c1-54(2)48-17-9-7-13-40(48)42-26-24-37(31-50(42)54)52-44-15-5-6-16-45(44)53(38-25-27-43-41-14-8-10-18-49(41)55(3,4)51(43)32-38)47-30-36(23-28-46(47)52)34-19-21-35(22-20-34)39-12-11-29-56-33-39/h5-33H,1-4H3. The lowest BCUT2D eigenvalue weighted by Crippen LogP contribution is -2.15. The first-order chi connectivity index (χ1) is 27.3. The van der Waals surface area contributed by atoms with Gasteiger partial charge < -0.3 is 0 Å². The molecule has 9 aromatic rings. The van der Waals surface area contributed by atoms with E-state index < -0.39 is 0 Å². The number of hydrogen-bond acceptors (Lipinski definition) is 1. The van der Waals surface area contributed by atoms with Crippen molar-refractivity contribution in [3.63, 3.8) is 0 Å². The summed E-state index contributed by atoms with van der Waals surface area (Å²) in [6.45, 7) is 9.50. The van der Waals surface area contributed by atoms with Crippen LogP contribution < -0.4 is 0 Å². The molecule has 1 nitrogen and oxygen atoms in total. The lowest BCUT2D eigenvalue weighted by molar-refractivity contribution is 0.660. The third kappa shape index (κ3) is 4.70. The number of nitrogens with zero attached hydrogens (tertiary/aromatic N) is 1. The zero-order chi connectivity index (χ0) is 37.8. The van der Waals surface area contributed by atoms with Crippen LogP contribution in [0, 0.1) is 0 Å². The monoisotopic (exact) mass is 715 g/mol. The van der Waals surface area contributed by atoms with Crippen LogP contribution in [0.25, 0.3) is 88.3 Å². The Balaban J connectivity index is 1.17. The number of benzene rings is 8. The van der Waals surface area contributed by atoms with E-state index in [0.717, 1.165) is 5.56 Å². The first kappa shape index (κ1) is 32.8. The molecular formula is C55H41N. The van der Waals surface area contributed by atoms with E-state index in [1.807, 2.05) is 18.5 Å². The second-order valence-electron chi connectivity index (χ2n) is 16.7. The summed E-state index contributed by atoms with van der Waals surface area (Å²) in [4.78, 5) is 4.35. The summed E-state index contributed by atoms with van der Waals surface area (Å²) in [7, 11) is 0. The Morgan fingerprint density at radius 2 is 0.768 bits per heavy atom. The SMILES string of the molecule is CC1(C)c2ccccc2-c2ccc(-c3c4ccccc4c(-c4ccc5c(c4)C(C)(C)c4ccccc4-5)c4cc(-c5ccc(-c6cccnc6)cc5)ccc34)cc21. The molecule has 8 aromatic carbocycles. The molecule has 0 atom stereocenters. The highest BCUT2D eigenvalue weighted by Gasteiger charge is 2.37. The van der Waals surface area contributed by atoms with Gasteiger partial charge in [0, 0.05) is 23.2 Å². The van der Waals surface area contributed by atoms with Gasteiger partial charge in [0.1, 0.15) is 0 Å². The normalized spacial score (nSPS) is 14.4. The molecule has 0 aliphatic heterocycles. The Morgan fingerprint density at radius 1 is 0.321 bits per heavy atom. The van der Waals surface area contributed by atoms with E-state index >= 15 is 0 Å². The molecule has 266 valence electrons. The van der Waals surface area contributed by atoms with Crippen LogP contribution in [0.5, 0.6) is 0 Å². The van der Waals surface area contributed by atoms with Gasteiger partial charge in [-0.05, 0) is 135 Å². The summed E-state index contributed by atoms with van der Waals surface area (Å²) in [5.41, 5.74) is 20.6. The predicted molar refractivity (Wildman–Crippen MR) is 236 cm³/mol. The molecule has 11 rings (SSSR count). The smallest absolute Gasteiger partial charge is 0.0346 e. The average molecular weight is 716 g/mol. The van der Waals surface area contributed by atoms with Gasteiger partial charge >= 0.3 is 0 Å². The largest absolute Gasteiger partial charge is 0.264 e. The van der Waals surface area contributed by atoms with Crippen molar-refractivity contribution in [3.05, 3.63) is 198 Å². The van der Waals surface area contributed by atoms with E-state index in [1.54, 1.807) is 0 Å². The highest BCUT2D eigenvalue weighted by Crippen LogP contribution is 2.53. The van der Waals surface area contributed by atoms with Crippen LogP contribution in [-0.2, 0) is 10.8 Å². The van der Waals surface area contributed by atoms with Crippen LogP contribution >= 0.6 is 0 Å². The van der Waals surface area contributed by atoms with Crippen LogP contribution in [-0.4, -0.2) is 4.98 Å². The Bertz CT molecular complexity index is 3050. The van der Waals surface area contributed by atoms with Crippen LogP contribution in [0.3, 0.4) is 0 Å². The van der Waals surface area contributed by atoms with E-state index in [-0.39, 0.29) is 10.8 Å². The fourth-order valence-electron chi connectivity index (χ4n) is 10.1. The molecular weight excluding hydrogens is 675 g/mol. The molecule has 1 heteroatoms. The second-order valence-corrected chi connectivity index (χ2v) is 16.7. The Kier molecular flexibility index (Phi) is 7.01. The van der Waals surface area contributed by atoms with Gasteiger partial charge in [-0.1, -0.05) is 167 Å². The topological polar surface area (TPSA) is 12.9 Å². The molecule has 2 aliphatic carbocycles. The van der Waals surface area contributed by atoms with Crippen LogP contribution in [0.2, 0.25) is 0 Å². The Hall–Kier alpha value is -6.57. The van der Waals surface area contributed by atoms with E-state index in [4.69, 9.17) is 0 Å². The summed E-state index contributed by atoms with van der Waals surface area (Å²) < 4.78 is 0. The zero-order valence-electron chi connectivity index (χ0n) is 32.2. The second kappa shape index (κ2) is 12.0. The van der Waals surface area contributed by atoms with Crippen molar-refractivity contribution >= 4 is 21.5 Å². The number of aromatic nitrogens is 1. The van der Waals surface area contributed by atoms with Gasteiger partial charge in [0.15, 0.2) is 0 Å². The quantitative estimate of drug-likeness (QED) is 0.165. The van der Waals surface area contributed by atoms with Crippen LogP contribution in [0.1, 0.15) is 49.9 Å². The Morgan fingerprint density at radius 3 is 1.32 bits per heavy atom. The summed E-state index contributed by atoms with van der Waals surface area (Å²) in [5, 5.41) is 5.09. The molecule has 56 heavy (non-hydrogen) atoms. The molecule has 0 radical (unpaired) electrons. The third-order valence-corrected chi connectivity index (χ3v) is 13.0. The number of rotatable bonds is 4. The molecule has 0 amide bonds. The highest BCUT2D eigenvalue weighted by atomic mass is 14.6. The van der Waals surface area contributed by atoms with Crippen molar-refractivity contribution < 1.29 is 0 Å². The first-order valence-electron chi connectivity index (χ1n) is 19.8. The van der Waals surface area contributed by atoms with Crippen molar-refractivity contribution in [1.29, 1.82) is 0 Å². The summed E-state index contributed by atoms with van der Waals surface area (Å²) >= 11 is 0. The Labute approximate surface area is 329 Å². The van der Waals surface area contributed by atoms with Gasteiger partial charge in [0.25, 0.3) is 0 Å². The average Bonchev–Trinajstić information content (AvgIpc) is 3.61. The van der Waals surface area contributed by atoms with Gasteiger partial charge in [0.05, 0.1) is 0 Å². The molecule has 0 N–H and O–H groups in total. The minimum Gasteiger partial charge on any atom is -0.264 e. The zero-order valence-corrected chi connectivity index (χ0v) is 32.2. The molecule has 0 saturated carbocycles.